The Bertz CT molecular complexity index is 512. The lowest BCUT2D eigenvalue weighted by molar-refractivity contribution is 0.477. The van der Waals surface area contributed by atoms with Crippen molar-refractivity contribution < 1.29 is 5.11 Å². The maximum absolute atomic E-state index is 9.89. The minimum Gasteiger partial charge on any atom is -0.507 e. The molecule has 0 saturated carbocycles. The third-order valence-electron chi connectivity index (χ3n) is 2.70. The monoisotopic (exact) mass is 276 g/mol. The standard InChI is InChI=1S/C14H13BrO/c1-9-4-3-5-13(16)14(9)11-6-7-12(15)10(2)8-11/h3-8,16H,1-2H3. The maximum Gasteiger partial charge on any atom is 0.123 e. The van der Waals surface area contributed by atoms with Gasteiger partial charge in [-0.1, -0.05) is 40.2 Å². The van der Waals surface area contributed by atoms with Gasteiger partial charge in [-0.05, 0) is 42.7 Å². The number of phenols is 1. The number of hydrogen-bond acceptors (Lipinski definition) is 1. The number of hydrogen-bond donors (Lipinski definition) is 1. The Balaban J connectivity index is 2.63. The third-order valence-corrected chi connectivity index (χ3v) is 3.59. The highest BCUT2D eigenvalue weighted by molar-refractivity contribution is 9.10. The van der Waals surface area contributed by atoms with Crippen molar-refractivity contribution in [2.75, 3.05) is 0 Å². The van der Waals surface area contributed by atoms with E-state index in [2.05, 4.69) is 22.0 Å². The van der Waals surface area contributed by atoms with E-state index in [9.17, 15) is 5.11 Å². The van der Waals surface area contributed by atoms with Gasteiger partial charge in [-0.2, -0.15) is 0 Å². The first-order valence-corrected chi connectivity index (χ1v) is 5.94. The van der Waals surface area contributed by atoms with Crippen LogP contribution in [0.15, 0.2) is 40.9 Å². The van der Waals surface area contributed by atoms with Crippen LogP contribution < -0.4 is 0 Å². The molecule has 0 bridgehead atoms. The van der Waals surface area contributed by atoms with Gasteiger partial charge in [0, 0.05) is 10.0 Å². The van der Waals surface area contributed by atoms with Gasteiger partial charge in [0.1, 0.15) is 5.75 Å². The summed E-state index contributed by atoms with van der Waals surface area (Å²) in [6.45, 7) is 4.05. The highest BCUT2D eigenvalue weighted by atomic mass is 79.9. The fourth-order valence-corrected chi connectivity index (χ4v) is 2.07. The maximum atomic E-state index is 9.89. The van der Waals surface area contributed by atoms with Crippen molar-refractivity contribution in [2.45, 2.75) is 13.8 Å². The van der Waals surface area contributed by atoms with E-state index >= 15 is 0 Å². The summed E-state index contributed by atoms with van der Waals surface area (Å²) in [6.07, 6.45) is 0. The van der Waals surface area contributed by atoms with E-state index in [1.165, 1.54) is 5.56 Å². The first-order chi connectivity index (χ1) is 7.59. The normalized spacial score (nSPS) is 10.4. The molecule has 0 aliphatic carbocycles. The van der Waals surface area contributed by atoms with Crippen molar-refractivity contribution in [1.82, 2.24) is 0 Å². The van der Waals surface area contributed by atoms with Crippen LogP contribution >= 0.6 is 15.9 Å². The second kappa shape index (κ2) is 4.30. The Labute approximate surface area is 104 Å². The zero-order valence-corrected chi connectivity index (χ0v) is 10.9. The number of rotatable bonds is 1. The summed E-state index contributed by atoms with van der Waals surface area (Å²) in [7, 11) is 0. The van der Waals surface area contributed by atoms with Crippen LogP contribution in [0.25, 0.3) is 11.1 Å². The molecule has 0 amide bonds. The van der Waals surface area contributed by atoms with Crippen LogP contribution in [-0.4, -0.2) is 5.11 Å². The molecule has 0 saturated heterocycles. The van der Waals surface area contributed by atoms with Gasteiger partial charge in [0.25, 0.3) is 0 Å². The molecule has 0 unspecified atom stereocenters. The van der Waals surface area contributed by atoms with Gasteiger partial charge in [-0.3, -0.25) is 0 Å². The molecule has 0 fully saturated rings. The molecule has 1 nitrogen and oxygen atoms in total. The second-order valence-corrected chi connectivity index (χ2v) is 4.79. The molecule has 0 atom stereocenters. The fraction of sp³-hybridized carbons (Fsp3) is 0.143. The lowest BCUT2D eigenvalue weighted by Crippen LogP contribution is -1.85. The van der Waals surface area contributed by atoms with Crippen LogP contribution in [0.1, 0.15) is 11.1 Å². The summed E-state index contributed by atoms with van der Waals surface area (Å²) in [5, 5.41) is 9.89. The second-order valence-electron chi connectivity index (χ2n) is 3.93. The summed E-state index contributed by atoms with van der Waals surface area (Å²) in [6, 6.07) is 11.7. The number of phenolic OH excluding ortho intramolecular Hbond substituents is 1. The smallest absolute Gasteiger partial charge is 0.123 e. The van der Waals surface area contributed by atoms with E-state index in [1.54, 1.807) is 6.07 Å². The van der Waals surface area contributed by atoms with E-state index in [4.69, 9.17) is 0 Å². The first kappa shape index (κ1) is 11.2. The van der Waals surface area contributed by atoms with Gasteiger partial charge >= 0.3 is 0 Å². The Morgan fingerprint density at radius 3 is 2.38 bits per heavy atom. The zero-order chi connectivity index (χ0) is 11.7. The van der Waals surface area contributed by atoms with Crippen LogP contribution in [0.4, 0.5) is 0 Å². The predicted molar refractivity (Wildman–Crippen MR) is 70.7 cm³/mol. The summed E-state index contributed by atoms with van der Waals surface area (Å²) < 4.78 is 1.09. The van der Waals surface area contributed by atoms with E-state index in [-0.39, 0.29) is 0 Å². The largest absolute Gasteiger partial charge is 0.507 e. The van der Waals surface area contributed by atoms with Gasteiger partial charge < -0.3 is 5.11 Å². The van der Waals surface area contributed by atoms with Crippen molar-refractivity contribution in [3.8, 4) is 16.9 Å². The predicted octanol–water partition coefficient (Wildman–Crippen LogP) is 4.44. The molecule has 82 valence electrons. The third kappa shape index (κ3) is 1.98. The van der Waals surface area contributed by atoms with Crippen LogP contribution in [0.3, 0.4) is 0 Å². The summed E-state index contributed by atoms with van der Waals surface area (Å²) >= 11 is 3.48. The number of aromatic hydroxyl groups is 1. The van der Waals surface area contributed by atoms with E-state index in [0.717, 1.165) is 21.2 Å². The molecule has 16 heavy (non-hydrogen) atoms. The van der Waals surface area contributed by atoms with Gasteiger partial charge in [-0.15, -0.1) is 0 Å². The molecule has 0 aliphatic heterocycles. The van der Waals surface area contributed by atoms with E-state index in [0.29, 0.717) is 5.75 Å². The van der Waals surface area contributed by atoms with Gasteiger partial charge in [-0.25, -0.2) is 0 Å². The molecule has 2 aromatic carbocycles. The zero-order valence-electron chi connectivity index (χ0n) is 9.29. The van der Waals surface area contributed by atoms with Crippen molar-refractivity contribution in [3.63, 3.8) is 0 Å². The van der Waals surface area contributed by atoms with Crippen molar-refractivity contribution >= 4 is 15.9 Å². The quantitative estimate of drug-likeness (QED) is 0.817. The lowest BCUT2D eigenvalue weighted by atomic mass is 9.98. The van der Waals surface area contributed by atoms with Crippen molar-refractivity contribution in [1.29, 1.82) is 0 Å². The number of halogens is 1. The first-order valence-electron chi connectivity index (χ1n) is 5.14. The molecule has 0 aliphatic rings. The summed E-state index contributed by atoms with van der Waals surface area (Å²) in [5.41, 5.74) is 4.22. The number of aryl methyl sites for hydroxylation is 2. The lowest BCUT2D eigenvalue weighted by Gasteiger charge is -2.09. The molecule has 2 rings (SSSR count). The fourth-order valence-electron chi connectivity index (χ4n) is 1.83. The minimum atomic E-state index is 0.335. The van der Waals surface area contributed by atoms with Crippen LogP contribution in [0.5, 0.6) is 5.75 Å². The number of benzene rings is 2. The molecular formula is C14H13BrO. The summed E-state index contributed by atoms with van der Waals surface area (Å²) in [5.74, 6) is 0.335. The van der Waals surface area contributed by atoms with Crippen molar-refractivity contribution in [3.05, 3.63) is 52.0 Å². The highest BCUT2D eigenvalue weighted by Gasteiger charge is 2.08. The summed E-state index contributed by atoms with van der Waals surface area (Å²) in [4.78, 5) is 0. The van der Waals surface area contributed by atoms with Crippen LogP contribution in [-0.2, 0) is 0 Å². The molecule has 0 spiro atoms. The Kier molecular flexibility index (Phi) is 3.01. The molecule has 0 heterocycles. The molecule has 0 radical (unpaired) electrons. The average molecular weight is 277 g/mol. The highest BCUT2D eigenvalue weighted by Crippen LogP contribution is 2.33. The molecule has 1 N–H and O–H groups in total. The molecular weight excluding hydrogens is 264 g/mol. The van der Waals surface area contributed by atoms with Crippen LogP contribution in [0.2, 0.25) is 0 Å². The SMILES string of the molecule is Cc1cc(-c2c(C)cccc2O)ccc1Br. The minimum absolute atomic E-state index is 0.335. The molecule has 2 aromatic rings. The average Bonchev–Trinajstić information content (AvgIpc) is 2.23. The van der Waals surface area contributed by atoms with Crippen molar-refractivity contribution in [2.24, 2.45) is 0 Å². The topological polar surface area (TPSA) is 20.2 Å². The van der Waals surface area contributed by atoms with Crippen LogP contribution in [0, 0.1) is 13.8 Å². The van der Waals surface area contributed by atoms with E-state index in [1.807, 2.05) is 38.1 Å². The van der Waals surface area contributed by atoms with E-state index < -0.39 is 0 Å². The molecule has 0 aromatic heterocycles. The van der Waals surface area contributed by atoms with Gasteiger partial charge in [0.15, 0.2) is 0 Å². The Morgan fingerprint density at radius 1 is 1.00 bits per heavy atom. The van der Waals surface area contributed by atoms with Gasteiger partial charge in [0.2, 0.25) is 0 Å². The molecule has 2 heteroatoms. The van der Waals surface area contributed by atoms with Gasteiger partial charge in [0.05, 0.1) is 0 Å². The Hall–Kier alpha value is -1.28. The Morgan fingerprint density at radius 2 is 1.75 bits per heavy atom.